The Kier molecular flexibility index (Phi) is 7.15. The summed E-state index contributed by atoms with van der Waals surface area (Å²) in [5.41, 5.74) is 4.23. The van der Waals surface area contributed by atoms with Crippen LogP contribution in [0.25, 0.3) is 11.1 Å². The minimum Gasteiger partial charge on any atom is -0.480 e. The summed E-state index contributed by atoms with van der Waals surface area (Å²) >= 11 is 0. The highest BCUT2D eigenvalue weighted by Gasteiger charge is 2.35. The fourth-order valence-corrected chi connectivity index (χ4v) is 4.79. The van der Waals surface area contributed by atoms with E-state index in [0.717, 1.165) is 35.1 Å². The molecular formula is C28H34N2O5. The third-order valence-electron chi connectivity index (χ3n) is 6.65. The maximum absolute atomic E-state index is 13.0. The number of ether oxygens (including phenoxy) is 1. The lowest BCUT2D eigenvalue weighted by atomic mass is 9.88. The first-order valence-corrected chi connectivity index (χ1v) is 12.3. The Balaban J connectivity index is 1.40. The van der Waals surface area contributed by atoms with Gasteiger partial charge in [0.05, 0.1) is 0 Å². The van der Waals surface area contributed by atoms with E-state index in [4.69, 9.17) is 4.74 Å². The number of rotatable bonds is 9. The number of nitrogens with one attached hydrogen (secondary N) is 2. The number of carboxylic acids is 1. The van der Waals surface area contributed by atoms with E-state index in [1.165, 1.54) is 0 Å². The molecule has 2 atom stereocenters. The number of hydrogen-bond acceptors (Lipinski definition) is 4. The molecule has 7 nitrogen and oxygen atoms in total. The smallest absolute Gasteiger partial charge is 0.407 e. The molecule has 7 heteroatoms. The molecule has 2 aliphatic carbocycles. The maximum atomic E-state index is 13.0. The van der Waals surface area contributed by atoms with Gasteiger partial charge < -0.3 is 20.5 Å². The number of carbonyl (C=O) groups is 3. The van der Waals surface area contributed by atoms with Gasteiger partial charge in [0.1, 0.15) is 18.7 Å². The highest BCUT2D eigenvalue weighted by molar-refractivity contribution is 5.89. The van der Waals surface area contributed by atoms with Crippen LogP contribution in [-0.2, 0) is 14.3 Å². The molecule has 0 radical (unpaired) electrons. The van der Waals surface area contributed by atoms with Gasteiger partial charge in [-0.25, -0.2) is 9.59 Å². The molecule has 35 heavy (non-hydrogen) atoms. The lowest BCUT2D eigenvalue weighted by Crippen LogP contribution is -2.52. The van der Waals surface area contributed by atoms with E-state index in [2.05, 4.69) is 22.8 Å². The summed E-state index contributed by atoms with van der Waals surface area (Å²) in [5, 5.41) is 14.9. The Bertz CT molecular complexity index is 1060. The average molecular weight is 479 g/mol. The van der Waals surface area contributed by atoms with Crippen LogP contribution in [-0.4, -0.2) is 41.8 Å². The second-order valence-electron chi connectivity index (χ2n) is 10.9. The molecule has 3 N–H and O–H groups in total. The summed E-state index contributed by atoms with van der Waals surface area (Å²) in [6.07, 6.45) is 2.09. The summed E-state index contributed by atoms with van der Waals surface area (Å²) in [5.74, 6) is -1.29. The molecule has 2 aromatic carbocycles. The first kappa shape index (κ1) is 24.8. The van der Waals surface area contributed by atoms with Crippen molar-refractivity contribution in [3.8, 4) is 11.1 Å². The first-order valence-electron chi connectivity index (χ1n) is 12.3. The molecule has 1 unspecified atom stereocenters. The first-order chi connectivity index (χ1) is 16.6. The molecule has 0 heterocycles. The van der Waals surface area contributed by atoms with Gasteiger partial charge in [-0.15, -0.1) is 0 Å². The van der Waals surface area contributed by atoms with E-state index in [9.17, 15) is 19.5 Å². The number of benzene rings is 2. The zero-order valence-electron chi connectivity index (χ0n) is 20.5. The summed E-state index contributed by atoms with van der Waals surface area (Å²) < 4.78 is 5.61. The lowest BCUT2D eigenvalue weighted by molar-refractivity contribution is -0.143. The standard InChI is InChI=1S/C28H34N2O5/c1-28(2,3)15-24(26(32)33)29-25(31)23(14-17-12-13-17)30-27(34)35-16-22-20-10-6-4-8-18(20)19-9-5-7-11-21(19)22/h4-11,17,22-24H,12-16H2,1-3H3,(H,29,31)(H,30,34)(H,32,33)/t23-,24?/m0/s1. The van der Waals surface area contributed by atoms with Crippen molar-refractivity contribution in [3.63, 3.8) is 0 Å². The van der Waals surface area contributed by atoms with Crippen molar-refractivity contribution in [1.29, 1.82) is 0 Å². The van der Waals surface area contributed by atoms with Crippen LogP contribution in [0, 0.1) is 11.3 Å². The van der Waals surface area contributed by atoms with Crippen LogP contribution >= 0.6 is 0 Å². The van der Waals surface area contributed by atoms with Gasteiger partial charge in [-0.1, -0.05) is 82.1 Å². The fourth-order valence-electron chi connectivity index (χ4n) is 4.79. The zero-order chi connectivity index (χ0) is 25.2. The van der Waals surface area contributed by atoms with Crippen LogP contribution in [0.4, 0.5) is 4.79 Å². The van der Waals surface area contributed by atoms with Crippen molar-refractivity contribution >= 4 is 18.0 Å². The summed E-state index contributed by atoms with van der Waals surface area (Å²) in [7, 11) is 0. The van der Waals surface area contributed by atoms with Gasteiger partial charge >= 0.3 is 12.1 Å². The monoisotopic (exact) mass is 478 g/mol. The predicted molar refractivity (Wildman–Crippen MR) is 133 cm³/mol. The van der Waals surface area contributed by atoms with Gasteiger partial charge in [0, 0.05) is 5.92 Å². The predicted octanol–water partition coefficient (Wildman–Crippen LogP) is 4.70. The van der Waals surface area contributed by atoms with E-state index >= 15 is 0 Å². The topological polar surface area (TPSA) is 105 Å². The molecule has 0 saturated heterocycles. The van der Waals surface area contributed by atoms with Crippen LogP contribution in [0.2, 0.25) is 0 Å². The summed E-state index contributed by atoms with van der Waals surface area (Å²) in [4.78, 5) is 37.5. The Hall–Kier alpha value is -3.35. The van der Waals surface area contributed by atoms with E-state index in [0.29, 0.717) is 12.3 Å². The number of amides is 2. The van der Waals surface area contributed by atoms with Crippen molar-refractivity contribution in [2.75, 3.05) is 6.61 Å². The number of aliphatic carboxylic acids is 1. The SMILES string of the molecule is CC(C)(C)CC(NC(=O)[C@H](CC1CC1)NC(=O)OCC1c2ccccc2-c2ccccc21)C(=O)O. The van der Waals surface area contributed by atoms with Gasteiger partial charge in [-0.3, -0.25) is 4.79 Å². The van der Waals surface area contributed by atoms with E-state index in [1.807, 2.05) is 57.2 Å². The van der Waals surface area contributed by atoms with Crippen LogP contribution in [0.1, 0.15) is 63.5 Å². The van der Waals surface area contributed by atoms with E-state index in [-0.39, 0.29) is 24.4 Å². The lowest BCUT2D eigenvalue weighted by Gasteiger charge is -2.26. The normalized spacial score (nSPS) is 16.5. The molecule has 1 fully saturated rings. The summed E-state index contributed by atoms with van der Waals surface area (Å²) in [6.45, 7) is 5.92. The van der Waals surface area contributed by atoms with Crippen molar-refractivity contribution in [3.05, 3.63) is 59.7 Å². The second-order valence-corrected chi connectivity index (χ2v) is 10.9. The average Bonchev–Trinajstić information content (AvgIpc) is 3.56. The Morgan fingerprint density at radius 3 is 2.03 bits per heavy atom. The molecule has 0 spiro atoms. The number of hydrogen-bond donors (Lipinski definition) is 3. The molecule has 186 valence electrons. The molecule has 0 aromatic heterocycles. The minimum absolute atomic E-state index is 0.0768. The highest BCUT2D eigenvalue weighted by Crippen LogP contribution is 2.44. The van der Waals surface area contributed by atoms with Crippen molar-refractivity contribution in [1.82, 2.24) is 10.6 Å². The Labute approximate surface area is 206 Å². The molecule has 2 amide bonds. The minimum atomic E-state index is -1.08. The Morgan fingerprint density at radius 2 is 1.51 bits per heavy atom. The van der Waals surface area contributed by atoms with Crippen LogP contribution in [0.5, 0.6) is 0 Å². The van der Waals surface area contributed by atoms with Crippen molar-refractivity contribution < 1.29 is 24.2 Å². The molecule has 0 aliphatic heterocycles. The number of carbonyl (C=O) groups excluding carboxylic acids is 2. The quantitative estimate of drug-likeness (QED) is 0.485. The Morgan fingerprint density at radius 1 is 0.943 bits per heavy atom. The van der Waals surface area contributed by atoms with Gasteiger partial charge in [0.25, 0.3) is 0 Å². The van der Waals surface area contributed by atoms with Crippen molar-refractivity contribution in [2.45, 2.75) is 64.5 Å². The number of fused-ring (bicyclic) bond motifs is 3. The number of alkyl carbamates (subject to hydrolysis) is 1. The third kappa shape index (κ3) is 6.21. The summed E-state index contributed by atoms with van der Waals surface area (Å²) in [6, 6.07) is 14.3. The molecule has 2 aliphatic rings. The van der Waals surface area contributed by atoms with Gasteiger partial charge in [0.15, 0.2) is 0 Å². The van der Waals surface area contributed by atoms with Gasteiger partial charge in [-0.05, 0) is 46.4 Å². The van der Waals surface area contributed by atoms with Crippen LogP contribution < -0.4 is 10.6 Å². The second kappa shape index (κ2) is 10.1. The molecule has 0 bridgehead atoms. The largest absolute Gasteiger partial charge is 0.480 e. The number of carboxylic acid groups (broad SMARTS) is 1. The molecule has 2 aromatic rings. The van der Waals surface area contributed by atoms with E-state index < -0.39 is 30.1 Å². The molecule has 4 rings (SSSR count). The van der Waals surface area contributed by atoms with E-state index in [1.54, 1.807) is 0 Å². The fraction of sp³-hybridized carbons (Fsp3) is 0.464. The molecule has 1 saturated carbocycles. The van der Waals surface area contributed by atoms with Gasteiger partial charge in [-0.2, -0.15) is 0 Å². The zero-order valence-corrected chi connectivity index (χ0v) is 20.5. The van der Waals surface area contributed by atoms with Gasteiger partial charge in [0.2, 0.25) is 5.91 Å². The van der Waals surface area contributed by atoms with Crippen LogP contribution in [0.15, 0.2) is 48.5 Å². The highest BCUT2D eigenvalue weighted by atomic mass is 16.5. The van der Waals surface area contributed by atoms with Crippen molar-refractivity contribution in [2.24, 2.45) is 11.3 Å². The van der Waals surface area contributed by atoms with Crippen LogP contribution in [0.3, 0.4) is 0 Å². The molecular weight excluding hydrogens is 444 g/mol. The maximum Gasteiger partial charge on any atom is 0.407 e. The third-order valence-corrected chi connectivity index (χ3v) is 6.65.